The predicted octanol–water partition coefficient (Wildman–Crippen LogP) is -0.876. The first-order valence-electron chi connectivity index (χ1n) is 9.22. The van der Waals surface area contributed by atoms with Crippen molar-refractivity contribution in [2.75, 3.05) is 12.3 Å². The maximum atomic E-state index is 11.5. The molecule has 158 valence electrons. The second kappa shape index (κ2) is 8.79. The minimum Gasteiger partial charge on any atom is -0.397 e. The Hall–Kier alpha value is -3.00. The van der Waals surface area contributed by atoms with E-state index in [-0.39, 0.29) is 11.2 Å². The summed E-state index contributed by atoms with van der Waals surface area (Å²) < 4.78 is 5.39. The molecule has 9 nitrogen and oxygen atoms in total. The fraction of sp³-hybridized carbons (Fsp3) is 0.333. The van der Waals surface area contributed by atoms with Crippen molar-refractivity contribution < 1.29 is 25.2 Å². The zero-order chi connectivity index (χ0) is 22.0. The molecule has 5 atom stereocenters. The zero-order valence-corrected chi connectivity index (χ0v) is 16.2. The molecule has 2 aromatic rings. The smallest absolute Gasteiger partial charge is 0.248 e. The molecule has 0 amide bonds. The lowest BCUT2D eigenvalue weighted by atomic mass is 9.94. The molecule has 0 aliphatic carbocycles. The number of nitrogens with one attached hydrogen (secondary N) is 2. The van der Waals surface area contributed by atoms with Gasteiger partial charge in [0.05, 0.1) is 12.3 Å². The van der Waals surface area contributed by atoms with Crippen LogP contribution in [0, 0.1) is 24.2 Å². The lowest BCUT2D eigenvalue weighted by Gasteiger charge is -2.37. The maximum Gasteiger partial charge on any atom is 0.248 e. The van der Waals surface area contributed by atoms with Crippen molar-refractivity contribution in [2.24, 2.45) is 0 Å². The lowest BCUT2D eigenvalue weighted by Crippen LogP contribution is -2.58. The Morgan fingerprint density at radius 1 is 1.23 bits per heavy atom. The Morgan fingerprint density at radius 3 is 2.60 bits per heavy atom. The Labute approximate surface area is 172 Å². The summed E-state index contributed by atoms with van der Waals surface area (Å²) in [6, 6.07) is 4.83. The molecule has 1 aliphatic rings. The highest BCUT2D eigenvalue weighted by molar-refractivity contribution is 5.90. The van der Waals surface area contributed by atoms with Crippen LogP contribution in [0.5, 0.6) is 0 Å². The van der Waals surface area contributed by atoms with Gasteiger partial charge in [-0.2, -0.15) is 0 Å². The molecule has 9 heteroatoms. The maximum absolute atomic E-state index is 11.5. The SMILES string of the molecule is Cc1cc(=O)[nH]cc1-c1cc(C#CC2OC(CO)[C@@H](O)C(O)C2O)c(N)c(C=N)c1. The number of aliphatic hydroxyl groups excluding tert-OH is 4. The van der Waals surface area contributed by atoms with Crippen LogP contribution >= 0.6 is 0 Å². The van der Waals surface area contributed by atoms with Crippen LogP contribution < -0.4 is 11.3 Å². The van der Waals surface area contributed by atoms with Crippen molar-refractivity contribution in [3.05, 3.63) is 51.4 Å². The first kappa shape index (κ1) is 21.7. The minimum atomic E-state index is -1.53. The average Bonchev–Trinajstić information content (AvgIpc) is 2.72. The van der Waals surface area contributed by atoms with Crippen molar-refractivity contribution in [3.8, 4) is 23.0 Å². The van der Waals surface area contributed by atoms with Gasteiger partial charge in [0.2, 0.25) is 5.56 Å². The van der Waals surface area contributed by atoms with E-state index in [1.807, 2.05) is 0 Å². The topological polar surface area (TPSA) is 173 Å². The highest BCUT2D eigenvalue weighted by Crippen LogP contribution is 2.28. The molecule has 1 saturated heterocycles. The van der Waals surface area contributed by atoms with E-state index in [0.29, 0.717) is 16.7 Å². The van der Waals surface area contributed by atoms with Crippen molar-refractivity contribution >= 4 is 11.9 Å². The van der Waals surface area contributed by atoms with Gasteiger partial charge in [-0.1, -0.05) is 11.8 Å². The molecule has 0 saturated carbocycles. The molecule has 1 fully saturated rings. The van der Waals surface area contributed by atoms with Gasteiger partial charge >= 0.3 is 0 Å². The molecule has 3 rings (SSSR count). The van der Waals surface area contributed by atoms with Crippen molar-refractivity contribution in [1.29, 1.82) is 5.41 Å². The number of anilines is 1. The molecule has 1 aromatic carbocycles. The van der Waals surface area contributed by atoms with E-state index in [1.54, 1.807) is 25.3 Å². The number of aliphatic hydroxyl groups is 4. The largest absolute Gasteiger partial charge is 0.397 e. The van der Waals surface area contributed by atoms with Crippen LogP contribution in [0.15, 0.2) is 29.2 Å². The summed E-state index contributed by atoms with van der Waals surface area (Å²) in [5, 5.41) is 46.8. The van der Waals surface area contributed by atoms with Gasteiger partial charge in [-0.25, -0.2) is 0 Å². The van der Waals surface area contributed by atoms with Gasteiger partial charge < -0.3 is 41.3 Å². The molecule has 8 N–H and O–H groups in total. The van der Waals surface area contributed by atoms with Gasteiger partial charge in [0.1, 0.15) is 30.5 Å². The molecule has 0 spiro atoms. The Morgan fingerprint density at radius 2 is 1.97 bits per heavy atom. The number of pyridine rings is 1. The fourth-order valence-electron chi connectivity index (χ4n) is 3.31. The molecular weight excluding hydrogens is 390 g/mol. The van der Waals surface area contributed by atoms with E-state index >= 15 is 0 Å². The average molecular weight is 413 g/mol. The third kappa shape index (κ3) is 4.14. The van der Waals surface area contributed by atoms with Crippen LogP contribution in [-0.2, 0) is 4.74 Å². The van der Waals surface area contributed by atoms with Crippen LogP contribution in [0.4, 0.5) is 5.69 Å². The Bertz CT molecular complexity index is 1070. The van der Waals surface area contributed by atoms with Crippen LogP contribution in [0.2, 0.25) is 0 Å². The molecule has 4 unspecified atom stereocenters. The summed E-state index contributed by atoms with van der Waals surface area (Å²) in [6.45, 7) is 1.23. The van der Waals surface area contributed by atoms with Gasteiger partial charge in [0.25, 0.3) is 0 Å². The van der Waals surface area contributed by atoms with E-state index in [1.165, 1.54) is 6.07 Å². The van der Waals surface area contributed by atoms with Gasteiger partial charge in [-0.05, 0) is 30.2 Å². The van der Waals surface area contributed by atoms with Crippen molar-refractivity contribution in [2.45, 2.75) is 37.4 Å². The number of aromatic amines is 1. The standard InChI is InChI=1S/C21H23N3O6/c1-10-4-17(26)24-8-14(10)12-5-11(18(23)13(6-12)7-22)2-3-15-19(27)21(29)20(28)16(9-25)30-15/h4-8,15-16,19-22,25,27-29H,9,23H2,1H3,(H,24,26)/t15?,16?,19?,20-,21?/m1/s1. The van der Waals surface area contributed by atoms with Gasteiger partial charge in [0, 0.05) is 35.2 Å². The highest BCUT2D eigenvalue weighted by atomic mass is 16.5. The summed E-state index contributed by atoms with van der Waals surface area (Å²) in [5.74, 6) is 5.48. The quantitative estimate of drug-likeness (QED) is 0.194. The van der Waals surface area contributed by atoms with Gasteiger partial charge in [0.15, 0.2) is 0 Å². The third-order valence-corrected chi connectivity index (χ3v) is 5.05. The van der Waals surface area contributed by atoms with E-state index in [4.69, 9.17) is 15.9 Å². The number of nitrogens with two attached hydrogens (primary N) is 1. The van der Waals surface area contributed by atoms with Gasteiger partial charge in [-0.3, -0.25) is 4.79 Å². The number of aryl methyl sites for hydroxylation is 1. The summed E-state index contributed by atoms with van der Waals surface area (Å²) in [6.07, 6.45) is -4.06. The van der Waals surface area contributed by atoms with Crippen molar-refractivity contribution in [1.82, 2.24) is 4.98 Å². The summed E-state index contributed by atoms with van der Waals surface area (Å²) in [7, 11) is 0. The number of aromatic nitrogens is 1. The number of nitrogen functional groups attached to an aromatic ring is 1. The summed E-state index contributed by atoms with van der Waals surface area (Å²) in [4.78, 5) is 14.1. The molecule has 2 heterocycles. The van der Waals surface area contributed by atoms with E-state index in [2.05, 4.69) is 16.8 Å². The van der Waals surface area contributed by atoms with Crippen LogP contribution in [0.25, 0.3) is 11.1 Å². The number of hydrogen-bond acceptors (Lipinski definition) is 8. The molecule has 30 heavy (non-hydrogen) atoms. The van der Waals surface area contributed by atoms with Crippen LogP contribution in [-0.4, -0.2) is 68.8 Å². The third-order valence-electron chi connectivity index (χ3n) is 5.05. The van der Waals surface area contributed by atoms with E-state index < -0.39 is 37.1 Å². The highest BCUT2D eigenvalue weighted by Gasteiger charge is 2.42. The van der Waals surface area contributed by atoms with E-state index in [9.17, 15) is 25.2 Å². The second-order valence-corrected chi connectivity index (χ2v) is 7.08. The molecule has 1 aromatic heterocycles. The molecule has 0 bridgehead atoms. The Kier molecular flexibility index (Phi) is 6.36. The predicted molar refractivity (Wildman–Crippen MR) is 110 cm³/mol. The molecule has 1 aliphatic heterocycles. The minimum absolute atomic E-state index is 0.235. The fourth-order valence-corrected chi connectivity index (χ4v) is 3.31. The normalized spacial score (nSPS) is 26.0. The lowest BCUT2D eigenvalue weighted by molar-refractivity contribution is -0.214. The Balaban J connectivity index is 2.03. The first-order valence-corrected chi connectivity index (χ1v) is 9.22. The van der Waals surface area contributed by atoms with Crippen molar-refractivity contribution in [3.63, 3.8) is 0 Å². The summed E-state index contributed by atoms with van der Waals surface area (Å²) in [5.41, 5.74) is 9.02. The first-order chi connectivity index (χ1) is 14.3. The number of rotatable bonds is 3. The van der Waals surface area contributed by atoms with Gasteiger partial charge in [-0.15, -0.1) is 0 Å². The number of H-pyrrole nitrogens is 1. The zero-order valence-electron chi connectivity index (χ0n) is 16.2. The molecule has 0 radical (unpaired) electrons. The number of hydrogen-bond donors (Lipinski definition) is 7. The number of ether oxygens (including phenoxy) is 1. The number of benzene rings is 1. The summed E-state index contributed by atoms with van der Waals surface area (Å²) >= 11 is 0. The van der Waals surface area contributed by atoms with Crippen LogP contribution in [0.1, 0.15) is 16.7 Å². The monoisotopic (exact) mass is 413 g/mol. The van der Waals surface area contributed by atoms with Crippen LogP contribution in [0.3, 0.4) is 0 Å². The van der Waals surface area contributed by atoms with E-state index in [0.717, 1.165) is 17.3 Å². The molecular formula is C21H23N3O6. The second-order valence-electron chi connectivity index (χ2n) is 7.08.